The maximum Gasteiger partial charge on any atom is 0.330 e. The molecule has 158 valence electrons. The van der Waals surface area contributed by atoms with Crippen LogP contribution in [-0.4, -0.2) is 40.5 Å². The molecule has 0 bridgehead atoms. The fourth-order valence-electron chi connectivity index (χ4n) is 3.11. The Balaban J connectivity index is 2.23. The lowest BCUT2D eigenvalue weighted by atomic mass is 10.2. The number of aromatic nitrogens is 2. The molecule has 1 amide bonds. The molecule has 1 aromatic heterocycles. The predicted octanol–water partition coefficient (Wildman–Crippen LogP) is 2.06. The third kappa shape index (κ3) is 5.71. The van der Waals surface area contributed by atoms with Gasteiger partial charge in [0.15, 0.2) is 5.69 Å². The molecule has 0 fully saturated rings. The van der Waals surface area contributed by atoms with Gasteiger partial charge in [-0.2, -0.15) is 0 Å². The number of anilines is 2. The fraction of sp³-hybridized carbons (Fsp3) is 0.450. The summed E-state index contributed by atoms with van der Waals surface area (Å²) in [6.07, 6.45) is 1.60. The molecule has 0 saturated heterocycles. The van der Waals surface area contributed by atoms with Gasteiger partial charge in [0.1, 0.15) is 5.82 Å². The van der Waals surface area contributed by atoms with Crippen molar-refractivity contribution in [2.24, 2.45) is 0 Å². The van der Waals surface area contributed by atoms with Crippen LogP contribution in [0.3, 0.4) is 0 Å². The van der Waals surface area contributed by atoms with Gasteiger partial charge in [0, 0.05) is 24.7 Å². The highest BCUT2D eigenvalue weighted by Gasteiger charge is 2.23. The van der Waals surface area contributed by atoms with E-state index in [0.29, 0.717) is 18.1 Å². The number of unbranched alkanes of at least 4 members (excludes halogenated alkanes) is 1. The number of nitrogens with two attached hydrogens (primary N) is 1. The van der Waals surface area contributed by atoms with Gasteiger partial charge in [0.2, 0.25) is 5.91 Å². The molecular weight excluding hydrogens is 394 g/mol. The Kier molecular flexibility index (Phi) is 8.04. The minimum absolute atomic E-state index is 0.0164. The Morgan fingerprint density at radius 3 is 2.45 bits per heavy atom. The number of halogens is 1. The zero-order valence-corrected chi connectivity index (χ0v) is 17.8. The number of nitrogens with one attached hydrogen (secondary N) is 1. The van der Waals surface area contributed by atoms with Gasteiger partial charge in [-0.15, -0.1) is 0 Å². The molecule has 8 nitrogen and oxygen atoms in total. The molecule has 0 saturated carbocycles. The van der Waals surface area contributed by atoms with E-state index in [1.54, 1.807) is 19.1 Å². The summed E-state index contributed by atoms with van der Waals surface area (Å²) in [5.74, 6) is -0.260. The number of carbonyl (C=O) groups excluding carboxylic acids is 1. The van der Waals surface area contributed by atoms with E-state index < -0.39 is 11.2 Å². The van der Waals surface area contributed by atoms with Crippen molar-refractivity contribution in [3.63, 3.8) is 0 Å². The van der Waals surface area contributed by atoms with Crippen LogP contribution in [0.25, 0.3) is 0 Å². The van der Waals surface area contributed by atoms with E-state index in [0.717, 1.165) is 18.4 Å². The average Bonchev–Trinajstić information content (AvgIpc) is 2.66. The van der Waals surface area contributed by atoms with E-state index in [2.05, 4.69) is 4.98 Å². The standard InChI is InChI=1S/C20H28ClN5O3/c1-4-6-11-26-18(22)17(19(28)23-20(26)29)25(5-2)16(27)13-24(3)12-14-7-9-15(21)10-8-14/h7-10H,4-6,11-13,22H2,1-3H3,(H,23,28,29). The number of nitrogen functional groups attached to an aromatic ring is 1. The second kappa shape index (κ2) is 10.3. The number of hydrogen-bond donors (Lipinski definition) is 2. The molecule has 0 aliphatic carbocycles. The average molecular weight is 422 g/mol. The van der Waals surface area contributed by atoms with Crippen molar-refractivity contribution in [3.05, 3.63) is 55.7 Å². The monoisotopic (exact) mass is 421 g/mol. The van der Waals surface area contributed by atoms with Crippen molar-refractivity contribution in [2.75, 3.05) is 30.8 Å². The molecule has 0 radical (unpaired) electrons. The van der Waals surface area contributed by atoms with E-state index in [4.69, 9.17) is 17.3 Å². The first kappa shape index (κ1) is 22.7. The van der Waals surface area contributed by atoms with Crippen molar-refractivity contribution in [1.82, 2.24) is 14.5 Å². The SMILES string of the molecule is CCCCn1c(N)c(N(CC)C(=O)CN(C)Cc2ccc(Cl)cc2)c(=O)[nH]c1=O. The Morgan fingerprint density at radius 2 is 1.86 bits per heavy atom. The van der Waals surface area contributed by atoms with Gasteiger partial charge in [0.25, 0.3) is 5.56 Å². The van der Waals surface area contributed by atoms with E-state index in [1.165, 1.54) is 9.47 Å². The lowest BCUT2D eigenvalue weighted by Crippen LogP contribution is -2.44. The summed E-state index contributed by atoms with van der Waals surface area (Å²) < 4.78 is 1.31. The van der Waals surface area contributed by atoms with Crippen LogP contribution >= 0.6 is 11.6 Å². The van der Waals surface area contributed by atoms with Crippen LogP contribution in [0.4, 0.5) is 11.5 Å². The van der Waals surface area contributed by atoms with Crippen molar-refractivity contribution < 1.29 is 4.79 Å². The van der Waals surface area contributed by atoms with Gasteiger partial charge in [0.05, 0.1) is 6.54 Å². The Hall–Kier alpha value is -2.58. The van der Waals surface area contributed by atoms with Crippen LogP contribution in [-0.2, 0) is 17.9 Å². The summed E-state index contributed by atoms with van der Waals surface area (Å²) in [6.45, 7) is 5.02. The number of carbonyl (C=O) groups is 1. The molecule has 3 N–H and O–H groups in total. The normalized spacial score (nSPS) is 11.1. The van der Waals surface area contributed by atoms with E-state index >= 15 is 0 Å². The second-order valence-corrected chi connectivity index (χ2v) is 7.37. The number of nitrogens with zero attached hydrogens (tertiary/aromatic N) is 3. The van der Waals surface area contributed by atoms with Gasteiger partial charge in [-0.05, 0) is 38.1 Å². The maximum absolute atomic E-state index is 12.9. The van der Waals surface area contributed by atoms with E-state index in [9.17, 15) is 14.4 Å². The topological polar surface area (TPSA) is 104 Å². The number of benzene rings is 1. The molecule has 2 rings (SSSR count). The minimum Gasteiger partial charge on any atom is -0.383 e. The smallest absolute Gasteiger partial charge is 0.330 e. The van der Waals surface area contributed by atoms with E-state index in [1.807, 2.05) is 31.0 Å². The van der Waals surface area contributed by atoms with Crippen molar-refractivity contribution in [2.45, 2.75) is 39.8 Å². The quantitative estimate of drug-likeness (QED) is 0.644. The number of H-pyrrole nitrogens is 1. The summed E-state index contributed by atoms with van der Waals surface area (Å²) in [7, 11) is 1.82. The summed E-state index contributed by atoms with van der Waals surface area (Å²) >= 11 is 5.90. The molecule has 0 unspecified atom stereocenters. The highest BCUT2D eigenvalue weighted by atomic mass is 35.5. The molecule has 0 aliphatic heterocycles. The summed E-state index contributed by atoms with van der Waals surface area (Å²) in [6, 6.07) is 7.38. The first-order valence-corrected chi connectivity index (χ1v) is 10.0. The maximum atomic E-state index is 12.9. The summed E-state index contributed by atoms with van der Waals surface area (Å²) in [5.41, 5.74) is 5.95. The highest BCUT2D eigenvalue weighted by Crippen LogP contribution is 2.18. The Labute approximate surface area is 174 Å². The number of amides is 1. The second-order valence-electron chi connectivity index (χ2n) is 6.94. The molecule has 0 aliphatic rings. The predicted molar refractivity (Wildman–Crippen MR) is 116 cm³/mol. The van der Waals surface area contributed by atoms with Gasteiger partial charge in [-0.3, -0.25) is 24.0 Å². The zero-order chi connectivity index (χ0) is 21.6. The van der Waals surface area contributed by atoms with Gasteiger partial charge in [-0.1, -0.05) is 37.1 Å². The number of likely N-dealkylation sites (N-methyl/N-ethyl adjacent to an activating group) is 2. The molecule has 9 heteroatoms. The number of hydrogen-bond acceptors (Lipinski definition) is 5. The zero-order valence-electron chi connectivity index (χ0n) is 17.1. The lowest BCUT2D eigenvalue weighted by Gasteiger charge is -2.25. The Bertz CT molecular complexity index is 952. The molecule has 0 atom stereocenters. The van der Waals surface area contributed by atoms with Gasteiger partial charge >= 0.3 is 5.69 Å². The summed E-state index contributed by atoms with van der Waals surface area (Å²) in [5, 5.41) is 0.650. The number of rotatable bonds is 9. The largest absolute Gasteiger partial charge is 0.383 e. The molecule has 0 spiro atoms. The van der Waals surface area contributed by atoms with Crippen molar-refractivity contribution in [3.8, 4) is 0 Å². The first-order chi connectivity index (χ1) is 13.8. The molecule has 29 heavy (non-hydrogen) atoms. The molecule has 1 aromatic carbocycles. The third-order valence-corrected chi connectivity index (χ3v) is 4.86. The molecular formula is C20H28ClN5O3. The Morgan fingerprint density at radius 1 is 1.21 bits per heavy atom. The van der Waals surface area contributed by atoms with Crippen LogP contribution < -0.4 is 21.9 Å². The van der Waals surface area contributed by atoms with Crippen molar-refractivity contribution >= 4 is 29.0 Å². The summed E-state index contributed by atoms with van der Waals surface area (Å²) in [4.78, 5) is 42.9. The minimum atomic E-state index is -0.657. The van der Waals surface area contributed by atoms with Gasteiger partial charge < -0.3 is 10.6 Å². The molecule has 1 heterocycles. The number of aromatic amines is 1. The first-order valence-electron chi connectivity index (χ1n) is 9.64. The van der Waals surface area contributed by atoms with Crippen LogP contribution in [0.2, 0.25) is 5.02 Å². The van der Waals surface area contributed by atoms with Gasteiger partial charge in [-0.25, -0.2) is 4.79 Å². The highest BCUT2D eigenvalue weighted by molar-refractivity contribution is 6.30. The third-order valence-electron chi connectivity index (χ3n) is 4.61. The van der Waals surface area contributed by atoms with Crippen LogP contribution in [0.1, 0.15) is 32.3 Å². The van der Waals surface area contributed by atoms with E-state index in [-0.39, 0.29) is 30.5 Å². The lowest BCUT2D eigenvalue weighted by molar-refractivity contribution is -0.119. The van der Waals surface area contributed by atoms with Crippen LogP contribution in [0.5, 0.6) is 0 Å². The van der Waals surface area contributed by atoms with Crippen LogP contribution in [0.15, 0.2) is 33.9 Å². The van der Waals surface area contributed by atoms with Crippen molar-refractivity contribution in [1.29, 1.82) is 0 Å². The fourth-order valence-corrected chi connectivity index (χ4v) is 3.24. The van der Waals surface area contributed by atoms with Crippen LogP contribution in [0, 0.1) is 0 Å². The molecule has 2 aromatic rings.